The molecule has 0 N–H and O–H groups in total. The van der Waals surface area contributed by atoms with Crippen LogP contribution in [-0.2, 0) is 10.8 Å². The lowest BCUT2D eigenvalue weighted by Crippen LogP contribution is -2.28. The molecule has 302 valence electrons. The predicted octanol–water partition coefficient (Wildman–Crippen LogP) is 16.5. The minimum absolute atomic E-state index is 0.0984. The number of furan rings is 1. The van der Waals surface area contributed by atoms with E-state index in [9.17, 15) is 0 Å². The fourth-order valence-electron chi connectivity index (χ4n) is 11.5. The highest BCUT2D eigenvalue weighted by molar-refractivity contribution is 6.17. The van der Waals surface area contributed by atoms with Gasteiger partial charge >= 0.3 is 0 Å². The lowest BCUT2D eigenvalue weighted by Gasteiger charge is -2.34. The van der Waals surface area contributed by atoms with Gasteiger partial charge in [0.05, 0.1) is 11.1 Å². The van der Waals surface area contributed by atoms with Crippen LogP contribution in [0.2, 0.25) is 0 Å². The van der Waals surface area contributed by atoms with Gasteiger partial charge in [0, 0.05) is 44.1 Å². The molecule has 13 rings (SSSR count). The first-order valence-electron chi connectivity index (χ1n) is 22.3. The van der Waals surface area contributed by atoms with E-state index >= 15 is 0 Å². The van der Waals surface area contributed by atoms with Crippen LogP contribution >= 0.6 is 0 Å². The Balaban J connectivity index is 1.04. The Labute approximate surface area is 373 Å². The van der Waals surface area contributed by atoms with Crippen LogP contribution in [0.5, 0.6) is 0 Å². The normalized spacial score (nSPS) is 14.0. The lowest BCUT2D eigenvalue weighted by molar-refractivity contribution is 0.660. The topological polar surface area (TPSA) is 16.4 Å². The number of para-hydroxylation sites is 1. The van der Waals surface area contributed by atoms with Crippen molar-refractivity contribution in [3.8, 4) is 33.4 Å². The average molecular weight is 818 g/mol. The molecule has 1 aromatic heterocycles. The van der Waals surface area contributed by atoms with E-state index < -0.39 is 5.41 Å². The first-order chi connectivity index (χ1) is 31.5. The first kappa shape index (κ1) is 36.7. The standard InChI is InChI=1S/C62H43NO/c1-61(2)53-27-13-11-23-48(53)52-39-45(36-38-54(52)61)63(44-34-31-41(32-35-44)47-25-15-26-49-50-37-33-40-17-9-10-22-46(40)60(50)64-59(47)49)57-30-16-29-56-58(57)51-24-12-14-28-55(51)62(56,42-18-5-3-6-19-42)43-20-7-4-8-21-43/h3-39H,1-2H3. The van der Waals surface area contributed by atoms with Crippen LogP contribution in [0.15, 0.2) is 229 Å². The Bertz CT molecular complexity index is 3590. The van der Waals surface area contributed by atoms with Crippen LogP contribution in [0.1, 0.15) is 47.2 Å². The molecule has 0 spiro atoms. The molecule has 0 fully saturated rings. The van der Waals surface area contributed by atoms with Gasteiger partial charge in [-0.25, -0.2) is 0 Å². The third-order valence-electron chi connectivity index (χ3n) is 14.4. The summed E-state index contributed by atoms with van der Waals surface area (Å²) in [4.78, 5) is 2.49. The van der Waals surface area contributed by atoms with Crippen LogP contribution in [0.4, 0.5) is 17.1 Å². The van der Waals surface area contributed by atoms with E-state index in [0.29, 0.717) is 0 Å². The molecule has 1 heterocycles. The summed E-state index contributed by atoms with van der Waals surface area (Å²) >= 11 is 0. The van der Waals surface area contributed by atoms with Crippen molar-refractivity contribution in [3.63, 3.8) is 0 Å². The molecule has 2 aliphatic carbocycles. The fraction of sp³-hybridized carbons (Fsp3) is 0.0645. The highest BCUT2D eigenvalue weighted by atomic mass is 16.3. The maximum Gasteiger partial charge on any atom is 0.143 e. The van der Waals surface area contributed by atoms with Gasteiger partial charge in [0.15, 0.2) is 0 Å². The second-order valence-corrected chi connectivity index (χ2v) is 18.0. The summed E-state index contributed by atoms with van der Waals surface area (Å²) < 4.78 is 6.82. The van der Waals surface area contributed by atoms with E-state index in [0.717, 1.165) is 55.5 Å². The minimum Gasteiger partial charge on any atom is -0.455 e. The van der Waals surface area contributed by atoms with Crippen molar-refractivity contribution < 1.29 is 4.42 Å². The number of hydrogen-bond donors (Lipinski definition) is 0. The molecule has 2 heteroatoms. The fourth-order valence-corrected chi connectivity index (χ4v) is 11.5. The second-order valence-electron chi connectivity index (χ2n) is 18.0. The third-order valence-corrected chi connectivity index (χ3v) is 14.4. The van der Waals surface area contributed by atoms with Gasteiger partial charge in [0.2, 0.25) is 0 Å². The van der Waals surface area contributed by atoms with E-state index in [-0.39, 0.29) is 5.41 Å². The van der Waals surface area contributed by atoms with Crippen LogP contribution < -0.4 is 4.90 Å². The summed E-state index contributed by atoms with van der Waals surface area (Å²) in [7, 11) is 0. The molecule has 2 nitrogen and oxygen atoms in total. The van der Waals surface area contributed by atoms with Gasteiger partial charge in [-0.2, -0.15) is 0 Å². The summed E-state index contributed by atoms with van der Waals surface area (Å²) in [5.74, 6) is 0. The molecular formula is C62H43NO. The molecule has 0 unspecified atom stereocenters. The molecular weight excluding hydrogens is 775 g/mol. The average Bonchev–Trinajstić information content (AvgIpc) is 3.97. The number of rotatable bonds is 6. The van der Waals surface area contributed by atoms with Gasteiger partial charge in [-0.3, -0.25) is 0 Å². The Morgan fingerprint density at radius 2 is 0.953 bits per heavy atom. The molecule has 0 radical (unpaired) electrons. The molecule has 0 saturated carbocycles. The SMILES string of the molecule is CC1(C)c2ccccc2-c2cc(N(c3ccc(-c4cccc5c4oc4c6ccccc6ccc54)cc3)c3cccc4c3-c3ccccc3C4(c3ccccc3)c3ccccc3)ccc21. The molecule has 0 aliphatic heterocycles. The molecule has 0 saturated heterocycles. The highest BCUT2D eigenvalue weighted by Crippen LogP contribution is 2.60. The maximum atomic E-state index is 6.82. The number of fused-ring (bicyclic) bond motifs is 11. The van der Waals surface area contributed by atoms with Crippen molar-refractivity contribution in [3.05, 3.63) is 258 Å². The van der Waals surface area contributed by atoms with E-state index in [2.05, 4.69) is 243 Å². The first-order valence-corrected chi connectivity index (χ1v) is 22.3. The largest absolute Gasteiger partial charge is 0.455 e. The van der Waals surface area contributed by atoms with Gasteiger partial charge in [-0.05, 0) is 97.4 Å². The molecule has 0 bridgehead atoms. The Morgan fingerprint density at radius 1 is 0.375 bits per heavy atom. The lowest BCUT2D eigenvalue weighted by atomic mass is 9.68. The number of nitrogens with zero attached hydrogens (tertiary/aromatic N) is 1. The molecule has 2 aliphatic rings. The summed E-state index contributed by atoms with van der Waals surface area (Å²) in [5, 5.41) is 4.58. The smallest absolute Gasteiger partial charge is 0.143 e. The maximum absolute atomic E-state index is 6.82. The van der Waals surface area contributed by atoms with Crippen molar-refractivity contribution in [2.75, 3.05) is 4.90 Å². The van der Waals surface area contributed by atoms with E-state index in [1.54, 1.807) is 0 Å². The van der Waals surface area contributed by atoms with Gasteiger partial charge in [-0.15, -0.1) is 0 Å². The molecule has 0 amide bonds. The van der Waals surface area contributed by atoms with Crippen molar-refractivity contribution in [1.29, 1.82) is 0 Å². The van der Waals surface area contributed by atoms with Crippen LogP contribution in [0.25, 0.3) is 66.1 Å². The molecule has 11 aromatic rings. The molecule has 0 atom stereocenters. The number of hydrogen-bond acceptors (Lipinski definition) is 2. The summed E-state index contributed by atoms with van der Waals surface area (Å²) in [6, 6.07) is 82.7. The Kier molecular flexibility index (Phi) is 7.90. The monoisotopic (exact) mass is 817 g/mol. The number of anilines is 3. The summed E-state index contributed by atoms with van der Waals surface area (Å²) in [6.45, 7) is 4.71. The van der Waals surface area contributed by atoms with Gasteiger partial charge in [0.1, 0.15) is 11.2 Å². The summed E-state index contributed by atoms with van der Waals surface area (Å²) in [5.41, 5.74) is 19.7. The van der Waals surface area contributed by atoms with Crippen molar-refractivity contribution in [1.82, 2.24) is 0 Å². The second kappa shape index (κ2) is 13.8. The summed E-state index contributed by atoms with van der Waals surface area (Å²) in [6.07, 6.45) is 0. The molecule has 10 aromatic carbocycles. The zero-order chi connectivity index (χ0) is 42.6. The van der Waals surface area contributed by atoms with Crippen molar-refractivity contribution >= 4 is 49.8 Å². The van der Waals surface area contributed by atoms with E-state index in [1.807, 2.05) is 0 Å². The Hall–Kier alpha value is -7.94. The zero-order valence-electron chi connectivity index (χ0n) is 35.7. The quantitative estimate of drug-likeness (QED) is 0.166. The van der Waals surface area contributed by atoms with Gasteiger partial charge < -0.3 is 9.32 Å². The van der Waals surface area contributed by atoms with Crippen LogP contribution in [0, 0.1) is 0 Å². The minimum atomic E-state index is -0.516. The zero-order valence-corrected chi connectivity index (χ0v) is 35.7. The molecule has 64 heavy (non-hydrogen) atoms. The van der Waals surface area contributed by atoms with Gasteiger partial charge in [0.25, 0.3) is 0 Å². The van der Waals surface area contributed by atoms with Crippen molar-refractivity contribution in [2.45, 2.75) is 24.7 Å². The van der Waals surface area contributed by atoms with E-state index in [1.165, 1.54) is 61.0 Å². The van der Waals surface area contributed by atoms with Crippen LogP contribution in [-0.4, -0.2) is 0 Å². The van der Waals surface area contributed by atoms with Gasteiger partial charge in [-0.1, -0.05) is 202 Å². The Morgan fingerprint density at radius 3 is 1.73 bits per heavy atom. The highest BCUT2D eigenvalue weighted by Gasteiger charge is 2.47. The van der Waals surface area contributed by atoms with Crippen molar-refractivity contribution in [2.24, 2.45) is 0 Å². The van der Waals surface area contributed by atoms with E-state index in [4.69, 9.17) is 4.42 Å². The predicted molar refractivity (Wildman–Crippen MR) is 266 cm³/mol. The number of benzene rings is 10. The van der Waals surface area contributed by atoms with Crippen LogP contribution in [0.3, 0.4) is 0 Å². The third kappa shape index (κ3) is 5.08.